The molecular formula is C13H16N2. The topological polar surface area (TPSA) is 17.8 Å². The lowest BCUT2D eigenvalue weighted by Crippen LogP contribution is -2.04. The first kappa shape index (κ1) is 8.96. The van der Waals surface area contributed by atoms with E-state index < -0.39 is 0 Å². The highest BCUT2D eigenvalue weighted by Gasteiger charge is 2.23. The van der Waals surface area contributed by atoms with Crippen LogP contribution in [-0.2, 0) is 13.0 Å². The molecule has 1 heterocycles. The summed E-state index contributed by atoms with van der Waals surface area (Å²) in [6.45, 7) is 3.36. The lowest BCUT2D eigenvalue weighted by atomic mass is 10.3. The molecule has 78 valence electrons. The van der Waals surface area contributed by atoms with Crippen molar-refractivity contribution in [2.45, 2.75) is 32.7 Å². The van der Waals surface area contributed by atoms with E-state index in [9.17, 15) is 0 Å². The van der Waals surface area contributed by atoms with Crippen molar-refractivity contribution in [1.29, 1.82) is 0 Å². The van der Waals surface area contributed by atoms with Gasteiger partial charge in [-0.1, -0.05) is 19.1 Å². The molecule has 0 bridgehead atoms. The van der Waals surface area contributed by atoms with Gasteiger partial charge in [0.05, 0.1) is 11.0 Å². The molecule has 0 unspecified atom stereocenters. The first-order valence-electron chi connectivity index (χ1n) is 5.82. The maximum atomic E-state index is 4.67. The lowest BCUT2D eigenvalue weighted by Gasteiger charge is -2.06. The number of imidazole rings is 1. The second-order valence-electron chi connectivity index (χ2n) is 4.42. The Labute approximate surface area is 89.9 Å². The number of benzene rings is 1. The molecule has 0 radical (unpaired) electrons. The number of aryl methyl sites for hydroxylation is 1. The summed E-state index contributed by atoms with van der Waals surface area (Å²) in [6, 6.07) is 8.46. The maximum Gasteiger partial charge on any atom is 0.109 e. The SMILES string of the molecule is CCc1nc2ccccc2n1CC1CC1. The van der Waals surface area contributed by atoms with Crippen LogP contribution in [-0.4, -0.2) is 9.55 Å². The van der Waals surface area contributed by atoms with E-state index in [0.717, 1.165) is 17.9 Å². The zero-order valence-electron chi connectivity index (χ0n) is 9.11. The Morgan fingerprint density at radius 3 is 2.87 bits per heavy atom. The van der Waals surface area contributed by atoms with Gasteiger partial charge in [-0.2, -0.15) is 0 Å². The number of fused-ring (bicyclic) bond motifs is 1. The Morgan fingerprint density at radius 2 is 2.13 bits per heavy atom. The summed E-state index contributed by atoms with van der Waals surface area (Å²) in [5.74, 6) is 2.15. The molecule has 0 amide bonds. The average molecular weight is 200 g/mol. The average Bonchev–Trinajstić information content (AvgIpc) is 3.01. The number of para-hydroxylation sites is 2. The molecule has 1 fully saturated rings. The van der Waals surface area contributed by atoms with E-state index in [1.54, 1.807) is 0 Å². The highest BCUT2D eigenvalue weighted by atomic mass is 15.1. The van der Waals surface area contributed by atoms with Crippen LogP contribution in [0.15, 0.2) is 24.3 Å². The van der Waals surface area contributed by atoms with E-state index in [0.29, 0.717) is 0 Å². The summed E-state index contributed by atoms with van der Waals surface area (Å²) >= 11 is 0. The van der Waals surface area contributed by atoms with Crippen molar-refractivity contribution in [1.82, 2.24) is 9.55 Å². The third kappa shape index (κ3) is 1.54. The van der Waals surface area contributed by atoms with Crippen LogP contribution >= 0.6 is 0 Å². The van der Waals surface area contributed by atoms with Gasteiger partial charge in [0.1, 0.15) is 5.82 Å². The second-order valence-corrected chi connectivity index (χ2v) is 4.42. The van der Waals surface area contributed by atoms with Crippen molar-refractivity contribution < 1.29 is 0 Å². The molecule has 15 heavy (non-hydrogen) atoms. The molecule has 0 atom stereocenters. The van der Waals surface area contributed by atoms with Gasteiger partial charge < -0.3 is 4.57 Å². The van der Waals surface area contributed by atoms with Crippen molar-refractivity contribution in [3.8, 4) is 0 Å². The molecule has 3 rings (SSSR count). The Balaban J connectivity index is 2.12. The highest BCUT2D eigenvalue weighted by molar-refractivity contribution is 5.75. The number of rotatable bonds is 3. The second kappa shape index (κ2) is 3.37. The minimum absolute atomic E-state index is 0.910. The summed E-state index contributed by atoms with van der Waals surface area (Å²) in [7, 11) is 0. The molecule has 0 N–H and O–H groups in total. The van der Waals surface area contributed by atoms with Gasteiger partial charge in [-0.15, -0.1) is 0 Å². The van der Waals surface area contributed by atoms with Crippen LogP contribution in [0, 0.1) is 5.92 Å². The van der Waals surface area contributed by atoms with Crippen LogP contribution in [0.25, 0.3) is 11.0 Å². The monoisotopic (exact) mass is 200 g/mol. The smallest absolute Gasteiger partial charge is 0.109 e. The summed E-state index contributed by atoms with van der Waals surface area (Å²) in [4.78, 5) is 4.67. The van der Waals surface area contributed by atoms with E-state index in [-0.39, 0.29) is 0 Å². The predicted molar refractivity (Wildman–Crippen MR) is 61.8 cm³/mol. The van der Waals surface area contributed by atoms with E-state index in [2.05, 4.69) is 40.7 Å². The fraction of sp³-hybridized carbons (Fsp3) is 0.462. The van der Waals surface area contributed by atoms with Crippen LogP contribution in [0.4, 0.5) is 0 Å². The third-order valence-electron chi connectivity index (χ3n) is 3.19. The molecule has 0 saturated heterocycles. The largest absolute Gasteiger partial charge is 0.328 e. The normalized spacial score (nSPS) is 16.1. The van der Waals surface area contributed by atoms with Gasteiger partial charge in [0.15, 0.2) is 0 Å². The molecular weight excluding hydrogens is 184 g/mol. The van der Waals surface area contributed by atoms with Crippen molar-refractivity contribution in [2.75, 3.05) is 0 Å². The van der Waals surface area contributed by atoms with E-state index >= 15 is 0 Å². The third-order valence-corrected chi connectivity index (χ3v) is 3.19. The van der Waals surface area contributed by atoms with Crippen molar-refractivity contribution >= 4 is 11.0 Å². The quantitative estimate of drug-likeness (QED) is 0.744. The van der Waals surface area contributed by atoms with Crippen molar-refractivity contribution in [2.24, 2.45) is 5.92 Å². The van der Waals surface area contributed by atoms with E-state index in [1.807, 2.05) is 0 Å². The lowest BCUT2D eigenvalue weighted by molar-refractivity contribution is 0.614. The molecule has 2 heteroatoms. The highest BCUT2D eigenvalue weighted by Crippen LogP contribution is 2.32. The Morgan fingerprint density at radius 1 is 1.33 bits per heavy atom. The summed E-state index contributed by atoms with van der Waals surface area (Å²) in [5.41, 5.74) is 2.45. The maximum absolute atomic E-state index is 4.67. The molecule has 1 aliphatic rings. The molecule has 2 nitrogen and oxygen atoms in total. The zero-order valence-corrected chi connectivity index (χ0v) is 9.11. The molecule has 1 aromatic heterocycles. The van der Waals surface area contributed by atoms with Crippen molar-refractivity contribution in [3.05, 3.63) is 30.1 Å². The van der Waals surface area contributed by atoms with Gasteiger partial charge in [-0.3, -0.25) is 0 Å². The van der Waals surface area contributed by atoms with Crippen LogP contribution in [0.3, 0.4) is 0 Å². The molecule has 1 aromatic carbocycles. The molecule has 0 aliphatic heterocycles. The summed E-state index contributed by atoms with van der Waals surface area (Å²) in [5, 5.41) is 0. The van der Waals surface area contributed by atoms with Crippen LogP contribution in [0.1, 0.15) is 25.6 Å². The first-order valence-corrected chi connectivity index (χ1v) is 5.82. The number of hydrogen-bond donors (Lipinski definition) is 0. The van der Waals surface area contributed by atoms with E-state index in [1.165, 1.54) is 30.7 Å². The summed E-state index contributed by atoms with van der Waals surface area (Å²) < 4.78 is 2.41. The number of hydrogen-bond acceptors (Lipinski definition) is 1. The van der Waals surface area contributed by atoms with Crippen molar-refractivity contribution in [3.63, 3.8) is 0 Å². The fourth-order valence-electron chi connectivity index (χ4n) is 2.16. The molecule has 2 aromatic rings. The van der Waals surface area contributed by atoms with Gasteiger partial charge in [0, 0.05) is 13.0 Å². The predicted octanol–water partition coefficient (Wildman–Crippen LogP) is 3.01. The minimum atomic E-state index is 0.910. The zero-order chi connectivity index (χ0) is 10.3. The van der Waals surface area contributed by atoms with Gasteiger partial charge in [0.2, 0.25) is 0 Å². The van der Waals surface area contributed by atoms with Gasteiger partial charge >= 0.3 is 0 Å². The Bertz CT molecular complexity index is 480. The molecule has 0 spiro atoms. The minimum Gasteiger partial charge on any atom is -0.328 e. The fourth-order valence-corrected chi connectivity index (χ4v) is 2.16. The van der Waals surface area contributed by atoms with Crippen LogP contribution in [0.2, 0.25) is 0 Å². The van der Waals surface area contributed by atoms with Gasteiger partial charge in [-0.05, 0) is 30.9 Å². The molecule has 1 saturated carbocycles. The Kier molecular flexibility index (Phi) is 2.01. The van der Waals surface area contributed by atoms with Gasteiger partial charge in [0.25, 0.3) is 0 Å². The Hall–Kier alpha value is -1.31. The van der Waals surface area contributed by atoms with E-state index in [4.69, 9.17) is 0 Å². The van der Waals surface area contributed by atoms with Gasteiger partial charge in [-0.25, -0.2) is 4.98 Å². The van der Waals surface area contributed by atoms with Crippen LogP contribution in [0.5, 0.6) is 0 Å². The molecule has 1 aliphatic carbocycles. The van der Waals surface area contributed by atoms with Crippen LogP contribution < -0.4 is 0 Å². The number of aromatic nitrogens is 2. The summed E-state index contributed by atoms with van der Waals surface area (Å²) in [6.07, 6.45) is 3.83. The number of nitrogens with zero attached hydrogens (tertiary/aromatic N) is 2. The standard InChI is InChI=1S/C13H16N2/c1-2-13-14-11-5-3-4-6-12(11)15(13)9-10-7-8-10/h3-6,10H,2,7-9H2,1H3. The first-order chi connectivity index (χ1) is 7.38.